The van der Waals surface area contributed by atoms with Gasteiger partial charge in [0, 0.05) is 29.2 Å². The highest BCUT2D eigenvalue weighted by molar-refractivity contribution is 5.80. The third-order valence-corrected chi connectivity index (χ3v) is 2.49. The quantitative estimate of drug-likeness (QED) is 0.724. The minimum Gasteiger partial charge on any atom is -0.324 e. The number of nitrogens with zero attached hydrogens (tertiary/aromatic N) is 1. The molecule has 1 aromatic rings. The molecule has 1 nitrogen and oxygen atoms in total. The predicted octanol–water partition coefficient (Wildman–Crippen LogP) is 3.70. The summed E-state index contributed by atoms with van der Waals surface area (Å²) >= 11 is 0. The average Bonchev–Trinajstić information content (AvgIpc) is 2.31. The van der Waals surface area contributed by atoms with Gasteiger partial charge in [-0.3, -0.25) is 0 Å². The van der Waals surface area contributed by atoms with Crippen LogP contribution in [0.1, 0.15) is 5.56 Å². The number of allylic oxidation sites excluding steroid dienone is 3. The van der Waals surface area contributed by atoms with Gasteiger partial charge in [-0.15, -0.1) is 0 Å². The lowest BCUT2D eigenvalue weighted by atomic mass is 10.00. The summed E-state index contributed by atoms with van der Waals surface area (Å²) in [5, 5.41) is 0. The van der Waals surface area contributed by atoms with Gasteiger partial charge < -0.3 is 4.90 Å². The number of hydrogen-bond acceptors (Lipinski definition) is 1. The molecule has 2 rings (SSSR count). The van der Waals surface area contributed by atoms with E-state index in [9.17, 15) is 4.39 Å². The van der Waals surface area contributed by atoms with Crippen LogP contribution in [0.2, 0.25) is 0 Å². The van der Waals surface area contributed by atoms with Crippen molar-refractivity contribution in [2.24, 2.45) is 0 Å². The Balaban J connectivity index is 2.46. The SMILES string of the molecule is C=CN1C=CC=C(c2ccccc2F)C1=C. The maximum absolute atomic E-state index is 13.6. The zero-order chi connectivity index (χ0) is 11.5. The average molecular weight is 213 g/mol. The summed E-state index contributed by atoms with van der Waals surface area (Å²) in [7, 11) is 0. The fourth-order valence-corrected chi connectivity index (χ4v) is 1.65. The van der Waals surface area contributed by atoms with Gasteiger partial charge >= 0.3 is 0 Å². The molecule has 0 unspecified atom stereocenters. The van der Waals surface area contributed by atoms with Crippen LogP contribution in [0.15, 0.2) is 67.7 Å². The Morgan fingerprint density at radius 2 is 2.00 bits per heavy atom. The minimum atomic E-state index is -0.241. The Bertz CT molecular complexity index is 497. The first-order valence-electron chi connectivity index (χ1n) is 4.97. The fourth-order valence-electron chi connectivity index (χ4n) is 1.65. The van der Waals surface area contributed by atoms with Crippen LogP contribution in [0.25, 0.3) is 5.57 Å². The first kappa shape index (κ1) is 10.4. The molecular weight excluding hydrogens is 201 g/mol. The fraction of sp³-hybridized carbons (Fsp3) is 0. The van der Waals surface area contributed by atoms with Gasteiger partial charge in [-0.25, -0.2) is 4.39 Å². The Labute approximate surface area is 94.5 Å². The lowest BCUT2D eigenvalue weighted by Crippen LogP contribution is -2.12. The molecule has 0 saturated heterocycles. The van der Waals surface area contributed by atoms with Crippen molar-refractivity contribution in [2.75, 3.05) is 0 Å². The molecule has 1 aromatic carbocycles. The van der Waals surface area contributed by atoms with Crippen LogP contribution < -0.4 is 0 Å². The van der Waals surface area contributed by atoms with Crippen LogP contribution in [0, 0.1) is 5.82 Å². The summed E-state index contributed by atoms with van der Waals surface area (Å²) in [5.74, 6) is -0.241. The highest BCUT2D eigenvalue weighted by atomic mass is 19.1. The van der Waals surface area contributed by atoms with Gasteiger partial charge in [0.15, 0.2) is 0 Å². The van der Waals surface area contributed by atoms with Crippen LogP contribution in [0.3, 0.4) is 0 Å². The standard InChI is InChI=1S/C14H12FN/c1-3-16-10-6-8-12(11(16)2)13-7-4-5-9-14(13)15/h3-10H,1-2H2. The van der Waals surface area contributed by atoms with Gasteiger partial charge in [-0.2, -0.15) is 0 Å². The van der Waals surface area contributed by atoms with Gasteiger partial charge in [0.2, 0.25) is 0 Å². The van der Waals surface area contributed by atoms with Crippen molar-refractivity contribution in [3.8, 4) is 0 Å². The van der Waals surface area contributed by atoms with Crippen LogP contribution in [-0.4, -0.2) is 4.90 Å². The highest BCUT2D eigenvalue weighted by Crippen LogP contribution is 2.29. The second-order valence-corrected chi connectivity index (χ2v) is 3.44. The molecule has 1 aliphatic heterocycles. The molecule has 1 aliphatic rings. The molecule has 16 heavy (non-hydrogen) atoms. The van der Waals surface area contributed by atoms with Gasteiger partial charge in [0.25, 0.3) is 0 Å². The van der Waals surface area contributed by atoms with Crippen molar-refractivity contribution in [3.63, 3.8) is 0 Å². The molecule has 0 spiro atoms. The monoisotopic (exact) mass is 213 g/mol. The number of benzene rings is 1. The van der Waals surface area contributed by atoms with E-state index in [1.165, 1.54) is 6.07 Å². The summed E-state index contributed by atoms with van der Waals surface area (Å²) < 4.78 is 13.6. The Kier molecular flexibility index (Phi) is 2.73. The first-order chi connectivity index (χ1) is 7.74. The van der Waals surface area contributed by atoms with E-state index in [1.54, 1.807) is 23.2 Å². The summed E-state index contributed by atoms with van der Waals surface area (Å²) in [4.78, 5) is 1.77. The van der Waals surface area contributed by atoms with Crippen molar-refractivity contribution in [2.45, 2.75) is 0 Å². The second-order valence-electron chi connectivity index (χ2n) is 3.44. The minimum absolute atomic E-state index is 0.241. The first-order valence-corrected chi connectivity index (χ1v) is 4.97. The van der Waals surface area contributed by atoms with Crippen molar-refractivity contribution in [3.05, 3.63) is 79.1 Å². The van der Waals surface area contributed by atoms with Gasteiger partial charge in [0.05, 0.1) is 0 Å². The second kappa shape index (κ2) is 4.19. The van der Waals surface area contributed by atoms with Gasteiger partial charge in [0.1, 0.15) is 5.82 Å². The molecule has 0 N–H and O–H groups in total. The molecule has 0 aromatic heterocycles. The normalized spacial score (nSPS) is 14.9. The molecule has 1 heterocycles. The summed E-state index contributed by atoms with van der Waals surface area (Å²) in [6.45, 7) is 7.61. The van der Waals surface area contributed by atoms with E-state index in [1.807, 2.05) is 24.4 Å². The van der Waals surface area contributed by atoms with Crippen LogP contribution in [0.5, 0.6) is 0 Å². The Hall–Kier alpha value is -2.09. The third-order valence-electron chi connectivity index (χ3n) is 2.49. The van der Waals surface area contributed by atoms with E-state index >= 15 is 0 Å². The Morgan fingerprint density at radius 1 is 1.25 bits per heavy atom. The van der Waals surface area contributed by atoms with Crippen molar-refractivity contribution >= 4 is 5.57 Å². The molecular formula is C14H12FN. The molecule has 2 heteroatoms. The van der Waals surface area contributed by atoms with E-state index in [0.717, 1.165) is 11.3 Å². The van der Waals surface area contributed by atoms with Crippen molar-refractivity contribution < 1.29 is 4.39 Å². The summed E-state index contributed by atoms with van der Waals surface area (Å²) in [6, 6.07) is 6.67. The van der Waals surface area contributed by atoms with Crippen molar-refractivity contribution in [1.82, 2.24) is 4.90 Å². The smallest absolute Gasteiger partial charge is 0.131 e. The van der Waals surface area contributed by atoms with E-state index < -0.39 is 0 Å². The number of hydrogen-bond donors (Lipinski definition) is 0. The van der Waals surface area contributed by atoms with Crippen LogP contribution in [0.4, 0.5) is 4.39 Å². The zero-order valence-electron chi connectivity index (χ0n) is 8.86. The largest absolute Gasteiger partial charge is 0.324 e. The van der Waals surface area contributed by atoms with E-state index in [2.05, 4.69) is 13.2 Å². The summed E-state index contributed by atoms with van der Waals surface area (Å²) in [6.07, 6.45) is 7.17. The predicted molar refractivity (Wildman–Crippen MR) is 64.7 cm³/mol. The highest BCUT2D eigenvalue weighted by Gasteiger charge is 2.14. The third kappa shape index (κ3) is 1.70. The van der Waals surface area contributed by atoms with E-state index in [0.29, 0.717) is 5.56 Å². The van der Waals surface area contributed by atoms with E-state index in [4.69, 9.17) is 0 Å². The summed E-state index contributed by atoms with van der Waals surface area (Å²) in [5.41, 5.74) is 2.06. The maximum Gasteiger partial charge on any atom is 0.131 e. The molecule has 0 amide bonds. The van der Waals surface area contributed by atoms with Crippen LogP contribution >= 0.6 is 0 Å². The number of halogens is 1. The molecule has 0 saturated carbocycles. The lowest BCUT2D eigenvalue weighted by molar-refractivity contribution is 0.618. The van der Waals surface area contributed by atoms with Gasteiger partial charge in [-0.05, 0) is 12.1 Å². The molecule has 0 aliphatic carbocycles. The lowest BCUT2D eigenvalue weighted by Gasteiger charge is -2.23. The van der Waals surface area contributed by atoms with Gasteiger partial charge in [-0.1, -0.05) is 37.4 Å². The molecule has 80 valence electrons. The number of rotatable bonds is 2. The van der Waals surface area contributed by atoms with Crippen LogP contribution in [-0.2, 0) is 0 Å². The molecule has 0 radical (unpaired) electrons. The Morgan fingerprint density at radius 3 is 2.69 bits per heavy atom. The maximum atomic E-state index is 13.6. The topological polar surface area (TPSA) is 3.24 Å². The zero-order valence-corrected chi connectivity index (χ0v) is 8.86. The van der Waals surface area contributed by atoms with Crippen molar-refractivity contribution in [1.29, 1.82) is 0 Å². The molecule has 0 fully saturated rings. The van der Waals surface area contributed by atoms with E-state index in [-0.39, 0.29) is 5.82 Å². The molecule has 0 bridgehead atoms. The molecule has 0 atom stereocenters.